The molecule has 0 saturated carbocycles. The molecular weight excluding hydrogens is 209 g/mol. The summed E-state index contributed by atoms with van der Waals surface area (Å²) in [5, 5.41) is 11.3. The molecule has 0 heterocycles. The average molecular weight is 221 g/mol. The molecule has 0 atom stereocenters. The third-order valence-electron chi connectivity index (χ3n) is 2.16. The quantitative estimate of drug-likeness (QED) is 0.809. The van der Waals surface area contributed by atoms with Gasteiger partial charge in [0.25, 0.3) is 0 Å². The van der Waals surface area contributed by atoms with Crippen LogP contribution in [-0.4, -0.2) is 11.4 Å². The molecule has 1 rings (SSSR count). The van der Waals surface area contributed by atoms with Crippen LogP contribution in [-0.2, 0) is 4.79 Å². The minimum absolute atomic E-state index is 0.0394. The third kappa shape index (κ3) is 2.48. The van der Waals surface area contributed by atoms with E-state index in [1.807, 2.05) is 0 Å². The molecule has 0 aromatic heterocycles. The number of primary amides is 1. The lowest BCUT2D eigenvalue weighted by Gasteiger charge is -2.23. The van der Waals surface area contributed by atoms with Crippen LogP contribution in [0.1, 0.15) is 19.4 Å². The molecule has 4 nitrogen and oxygen atoms in total. The smallest absolute Gasteiger partial charge is 0.242 e. The van der Waals surface area contributed by atoms with E-state index in [2.05, 4.69) is 5.32 Å². The molecule has 0 radical (unpaired) electrons. The summed E-state index contributed by atoms with van der Waals surface area (Å²) in [7, 11) is 0. The molecule has 0 aliphatic carbocycles. The number of hydrogen-bond donors (Lipinski definition) is 2. The van der Waals surface area contributed by atoms with Crippen molar-refractivity contribution in [2.45, 2.75) is 19.4 Å². The predicted octanol–water partition coefficient (Wildman–Crippen LogP) is 1.37. The Kier molecular flexibility index (Phi) is 3.14. The second kappa shape index (κ2) is 4.19. The van der Waals surface area contributed by atoms with E-state index in [0.717, 1.165) is 6.07 Å². The fraction of sp³-hybridized carbons (Fsp3) is 0.273. The Balaban J connectivity index is 2.97. The van der Waals surface area contributed by atoms with Gasteiger partial charge in [-0.3, -0.25) is 4.79 Å². The maximum atomic E-state index is 13.2. The van der Waals surface area contributed by atoms with E-state index in [-0.39, 0.29) is 5.56 Å². The molecule has 5 heteroatoms. The van der Waals surface area contributed by atoms with Crippen LogP contribution in [0.15, 0.2) is 18.2 Å². The Morgan fingerprint density at radius 2 is 2.19 bits per heavy atom. The summed E-state index contributed by atoms with van der Waals surface area (Å²) in [4.78, 5) is 11.0. The van der Waals surface area contributed by atoms with Gasteiger partial charge in [-0.15, -0.1) is 0 Å². The van der Waals surface area contributed by atoms with Crippen LogP contribution in [0.4, 0.5) is 10.1 Å². The maximum Gasteiger partial charge on any atom is 0.242 e. The highest BCUT2D eigenvalue weighted by atomic mass is 19.1. The molecule has 1 aromatic carbocycles. The van der Waals surface area contributed by atoms with Crippen molar-refractivity contribution in [3.8, 4) is 6.07 Å². The van der Waals surface area contributed by atoms with E-state index >= 15 is 0 Å². The van der Waals surface area contributed by atoms with Crippen LogP contribution in [0.5, 0.6) is 0 Å². The van der Waals surface area contributed by atoms with Gasteiger partial charge in [0.15, 0.2) is 0 Å². The number of hydrogen-bond acceptors (Lipinski definition) is 3. The van der Waals surface area contributed by atoms with Crippen molar-refractivity contribution in [3.63, 3.8) is 0 Å². The Morgan fingerprint density at radius 1 is 1.56 bits per heavy atom. The van der Waals surface area contributed by atoms with Crippen LogP contribution in [0.3, 0.4) is 0 Å². The van der Waals surface area contributed by atoms with Crippen LogP contribution in [0, 0.1) is 17.1 Å². The third-order valence-corrected chi connectivity index (χ3v) is 2.16. The van der Waals surface area contributed by atoms with Gasteiger partial charge < -0.3 is 11.1 Å². The fourth-order valence-electron chi connectivity index (χ4n) is 1.11. The number of halogens is 1. The van der Waals surface area contributed by atoms with Crippen molar-refractivity contribution in [3.05, 3.63) is 29.6 Å². The van der Waals surface area contributed by atoms with Crippen LogP contribution >= 0.6 is 0 Å². The molecule has 1 amide bonds. The SMILES string of the molecule is CC(C)(Nc1ccc(C#N)c(F)c1)C(N)=O. The lowest BCUT2D eigenvalue weighted by atomic mass is 10.0. The second-order valence-corrected chi connectivity index (χ2v) is 3.92. The van der Waals surface area contributed by atoms with Gasteiger partial charge in [0.05, 0.1) is 5.56 Å². The maximum absolute atomic E-state index is 13.2. The molecular formula is C11H12FN3O. The highest BCUT2D eigenvalue weighted by Crippen LogP contribution is 2.18. The van der Waals surface area contributed by atoms with Crippen molar-refractivity contribution in [1.29, 1.82) is 5.26 Å². The van der Waals surface area contributed by atoms with E-state index in [9.17, 15) is 9.18 Å². The van der Waals surface area contributed by atoms with E-state index < -0.39 is 17.3 Å². The number of nitrogens with two attached hydrogens (primary N) is 1. The van der Waals surface area contributed by atoms with Crippen molar-refractivity contribution < 1.29 is 9.18 Å². The lowest BCUT2D eigenvalue weighted by molar-refractivity contribution is -0.121. The van der Waals surface area contributed by atoms with Gasteiger partial charge in [0.1, 0.15) is 17.4 Å². The van der Waals surface area contributed by atoms with Gasteiger partial charge >= 0.3 is 0 Å². The first-order valence-corrected chi connectivity index (χ1v) is 4.64. The van der Waals surface area contributed by atoms with Crippen molar-refractivity contribution in [1.82, 2.24) is 0 Å². The summed E-state index contributed by atoms with van der Waals surface area (Å²) in [6.07, 6.45) is 0. The number of nitrogens with zero attached hydrogens (tertiary/aromatic N) is 1. The molecule has 0 aliphatic heterocycles. The second-order valence-electron chi connectivity index (χ2n) is 3.92. The Hall–Kier alpha value is -2.09. The standard InChI is InChI=1S/C11H12FN3O/c1-11(2,10(14)16)15-8-4-3-7(6-13)9(12)5-8/h3-5,15H,1-2H3,(H2,14,16). The van der Waals surface area contributed by atoms with E-state index in [4.69, 9.17) is 11.0 Å². The van der Waals surface area contributed by atoms with Gasteiger partial charge in [0, 0.05) is 5.69 Å². The summed E-state index contributed by atoms with van der Waals surface area (Å²) in [5.41, 5.74) is 4.56. The molecule has 0 bridgehead atoms. The largest absolute Gasteiger partial charge is 0.372 e. The summed E-state index contributed by atoms with van der Waals surface area (Å²) in [5.74, 6) is -1.18. The van der Waals surface area contributed by atoms with Crippen molar-refractivity contribution in [2.24, 2.45) is 5.73 Å². The lowest BCUT2D eigenvalue weighted by Crippen LogP contribution is -2.45. The highest BCUT2D eigenvalue weighted by molar-refractivity contribution is 5.86. The Labute approximate surface area is 92.9 Å². The van der Waals surface area contributed by atoms with E-state index in [1.54, 1.807) is 19.9 Å². The van der Waals surface area contributed by atoms with Crippen LogP contribution in [0.25, 0.3) is 0 Å². The molecule has 0 saturated heterocycles. The summed E-state index contributed by atoms with van der Waals surface area (Å²) < 4.78 is 13.2. The van der Waals surface area contributed by atoms with Crippen LogP contribution in [0.2, 0.25) is 0 Å². The monoisotopic (exact) mass is 221 g/mol. The number of benzene rings is 1. The summed E-state index contributed by atoms with van der Waals surface area (Å²) >= 11 is 0. The molecule has 0 fully saturated rings. The first-order chi connectivity index (χ1) is 7.36. The minimum atomic E-state index is -0.972. The normalized spacial score (nSPS) is 10.6. The number of nitrogens with one attached hydrogen (secondary N) is 1. The molecule has 0 unspecified atom stereocenters. The van der Waals surface area contributed by atoms with E-state index in [0.29, 0.717) is 5.69 Å². The molecule has 3 N–H and O–H groups in total. The fourth-order valence-corrected chi connectivity index (χ4v) is 1.11. The molecule has 0 spiro atoms. The zero-order valence-electron chi connectivity index (χ0n) is 9.04. The topological polar surface area (TPSA) is 78.9 Å². The van der Waals surface area contributed by atoms with Crippen molar-refractivity contribution >= 4 is 11.6 Å². The molecule has 0 aliphatic rings. The average Bonchev–Trinajstić information content (AvgIpc) is 2.17. The number of nitriles is 1. The van der Waals surface area contributed by atoms with Gasteiger partial charge in [-0.1, -0.05) is 0 Å². The Bertz CT molecular complexity index is 463. The number of carbonyl (C=O) groups is 1. The Morgan fingerprint density at radius 3 is 2.62 bits per heavy atom. The predicted molar refractivity (Wildman–Crippen MR) is 58.0 cm³/mol. The zero-order chi connectivity index (χ0) is 12.3. The van der Waals surface area contributed by atoms with Crippen molar-refractivity contribution in [2.75, 3.05) is 5.32 Å². The van der Waals surface area contributed by atoms with Gasteiger partial charge in [-0.05, 0) is 32.0 Å². The van der Waals surface area contributed by atoms with Gasteiger partial charge in [-0.2, -0.15) is 5.26 Å². The zero-order valence-corrected chi connectivity index (χ0v) is 9.04. The van der Waals surface area contributed by atoms with Gasteiger partial charge in [0.2, 0.25) is 5.91 Å². The van der Waals surface area contributed by atoms with Crippen LogP contribution < -0.4 is 11.1 Å². The highest BCUT2D eigenvalue weighted by Gasteiger charge is 2.24. The minimum Gasteiger partial charge on any atom is -0.372 e. The first kappa shape index (κ1) is 12.0. The first-order valence-electron chi connectivity index (χ1n) is 4.64. The number of amides is 1. The summed E-state index contributed by atoms with van der Waals surface area (Å²) in [6, 6.07) is 5.73. The number of rotatable bonds is 3. The summed E-state index contributed by atoms with van der Waals surface area (Å²) in [6.45, 7) is 3.18. The number of carbonyl (C=O) groups excluding carboxylic acids is 1. The van der Waals surface area contributed by atoms with E-state index in [1.165, 1.54) is 12.1 Å². The van der Waals surface area contributed by atoms with Gasteiger partial charge in [-0.25, -0.2) is 4.39 Å². The molecule has 84 valence electrons. The molecule has 16 heavy (non-hydrogen) atoms. The molecule has 1 aromatic rings. The number of anilines is 1.